The minimum Gasteiger partial charge on any atom is -0.342 e. The van der Waals surface area contributed by atoms with Crippen LogP contribution in [0, 0.1) is 16.7 Å². The van der Waals surface area contributed by atoms with Gasteiger partial charge >= 0.3 is 0 Å². The molecule has 1 aliphatic carbocycles. The molecule has 2 rings (SSSR count). The first-order chi connectivity index (χ1) is 9.51. The van der Waals surface area contributed by atoms with E-state index in [1.807, 2.05) is 46.4 Å². The molecule has 2 atom stereocenters. The highest BCUT2D eigenvalue weighted by atomic mass is 16.2. The third-order valence-electron chi connectivity index (χ3n) is 4.54. The molecule has 0 radical (unpaired) electrons. The van der Waals surface area contributed by atoms with Gasteiger partial charge in [0, 0.05) is 6.54 Å². The highest BCUT2D eigenvalue weighted by molar-refractivity contribution is 5.97. The molecule has 1 saturated carbocycles. The molecule has 2 aliphatic rings. The van der Waals surface area contributed by atoms with Crippen molar-refractivity contribution in [3.8, 4) is 0 Å². The third kappa shape index (κ3) is 3.58. The average molecular weight is 294 g/mol. The van der Waals surface area contributed by atoms with Crippen LogP contribution in [0.5, 0.6) is 0 Å². The van der Waals surface area contributed by atoms with Gasteiger partial charge in [-0.05, 0) is 23.2 Å². The van der Waals surface area contributed by atoms with Crippen LogP contribution < -0.4 is 5.32 Å². The largest absolute Gasteiger partial charge is 0.342 e. The van der Waals surface area contributed by atoms with Gasteiger partial charge in [0.25, 0.3) is 0 Å². The van der Waals surface area contributed by atoms with Gasteiger partial charge in [-0.15, -0.1) is 0 Å². The number of nitrogens with zero attached hydrogens (tertiary/aromatic N) is 1. The zero-order valence-corrected chi connectivity index (χ0v) is 14.3. The van der Waals surface area contributed by atoms with E-state index in [4.69, 9.17) is 0 Å². The van der Waals surface area contributed by atoms with Gasteiger partial charge in [-0.25, -0.2) is 0 Å². The van der Waals surface area contributed by atoms with Crippen LogP contribution in [0.3, 0.4) is 0 Å². The molecule has 0 aromatic heterocycles. The predicted octanol–water partition coefficient (Wildman–Crippen LogP) is 2.57. The summed E-state index contributed by atoms with van der Waals surface area (Å²) in [6, 6.07) is -0.773. The van der Waals surface area contributed by atoms with Crippen molar-refractivity contribution in [3.63, 3.8) is 0 Å². The zero-order valence-electron chi connectivity index (χ0n) is 14.3. The number of hydrogen-bond donors (Lipinski definition) is 1. The fourth-order valence-electron chi connectivity index (χ4n) is 3.13. The standard InChI is InChI=1S/C17H30N2O2/c1-16(2,3)12-15(21)19(10-9-11-7-8-11)13(14(20)18-12)17(4,5)6/h11-13H,7-10H2,1-6H3,(H,18,20). The minimum atomic E-state index is -0.414. The van der Waals surface area contributed by atoms with Crippen LogP contribution in [0.1, 0.15) is 60.8 Å². The SMILES string of the molecule is CC(C)(C)C1NC(=O)C(C(C)(C)C)N(CCC2CC2)C1=O. The van der Waals surface area contributed by atoms with Crippen molar-refractivity contribution >= 4 is 11.8 Å². The van der Waals surface area contributed by atoms with E-state index in [1.165, 1.54) is 12.8 Å². The van der Waals surface area contributed by atoms with Gasteiger partial charge in [0.2, 0.25) is 11.8 Å². The van der Waals surface area contributed by atoms with Crippen molar-refractivity contribution in [1.82, 2.24) is 10.2 Å². The van der Waals surface area contributed by atoms with Gasteiger partial charge in [-0.2, -0.15) is 0 Å². The Balaban J connectivity index is 2.24. The Hall–Kier alpha value is -1.06. The van der Waals surface area contributed by atoms with Crippen LogP contribution in [0.15, 0.2) is 0 Å². The van der Waals surface area contributed by atoms with Crippen LogP contribution in [-0.2, 0) is 9.59 Å². The van der Waals surface area contributed by atoms with E-state index >= 15 is 0 Å². The van der Waals surface area contributed by atoms with Gasteiger partial charge in [0.1, 0.15) is 12.1 Å². The summed E-state index contributed by atoms with van der Waals surface area (Å²) in [5.74, 6) is 0.844. The van der Waals surface area contributed by atoms with Crippen LogP contribution in [0.25, 0.3) is 0 Å². The maximum Gasteiger partial charge on any atom is 0.246 e. The minimum absolute atomic E-state index is 0.00202. The number of hydrogen-bond acceptors (Lipinski definition) is 2. The molecule has 2 amide bonds. The van der Waals surface area contributed by atoms with Crippen LogP contribution in [0.4, 0.5) is 0 Å². The molecule has 0 bridgehead atoms. The topological polar surface area (TPSA) is 49.4 Å². The van der Waals surface area contributed by atoms with Crippen molar-refractivity contribution in [2.24, 2.45) is 16.7 Å². The molecule has 0 aromatic rings. The van der Waals surface area contributed by atoms with E-state index in [-0.39, 0.29) is 28.7 Å². The second-order valence-electron chi connectivity index (χ2n) is 8.84. The average Bonchev–Trinajstić information content (AvgIpc) is 3.10. The number of carbonyl (C=O) groups is 2. The van der Waals surface area contributed by atoms with E-state index in [1.54, 1.807) is 0 Å². The first-order valence-corrected chi connectivity index (χ1v) is 8.12. The van der Waals surface area contributed by atoms with Gasteiger partial charge in [0.15, 0.2) is 0 Å². The van der Waals surface area contributed by atoms with E-state index in [0.29, 0.717) is 6.54 Å². The fraction of sp³-hybridized carbons (Fsp3) is 0.882. The molecule has 1 N–H and O–H groups in total. The highest BCUT2D eigenvalue weighted by Gasteiger charge is 2.49. The van der Waals surface area contributed by atoms with E-state index in [0.717, 1.165) is 12.3 Å². The normalized spacial score (nSPS) is 27.8. The number of rotatable bonds is 3. The lowest BCUT2D eigenvalue weighted by molar-refractivity contribution is -0.157. The third-order valence-corrected chi connectivity index (χ3v) is 4.54. The quantitative estimate of drug-likeness (QED) is 0.869. The van der Waals surface area contributed by atoms with E-state index in [2.05, 4.69) is 5.32 Å². The predicted molar refractivity (Wildman–Crippen MR) is 83.7 cm³/mol. The molecule has 2 unspecified atom stereocenters. The Morgan fingerprint density at radius 2 is 1.62 bits per heavy atom. The van der Waals surface area contributed by atoms with Crippen molar-refractivity contribution < 1.29 is 9.59 Å². The van der Waals surface area contributed by atoms with Crippen LogP contribution >= 0.6 is 0 Å². The van der Waals surface area contributed by atoms with Gasteiger partial charge in [-0.1, -0.05) is 54.4 Å². The Bertz CT molecular complexity index is 427. The van der Waals surface area contributed by atoms with Crippen molar-refractivity contribution in [2.45, 2.75) is 72.9 Å². The number of amides is 2. The lowest BCUT2D eigenvalue weighted by Crippen LogP contribution is -2.69. The second kappa shape index (κ2) is 5.29. The fourth-order valence-corrected chi connectivity index (χ4v) is 3.13. The zero-order chi connectivity index (χ0) is 16.0. The Kier molecular flexibility index (Phi) is 4.11. The van der Waals surface area contributed by atoms with Crippen LogP contribution in [-0.4, -0.2) is 35.3 Å². The molecule has 0 aromatic carbocycles. The molecule has 1 aliphatic heterocycles. The summed E-state index contributed by atoms with van der Waals surface area (Å²) in [4.78, 5) is 27.4. The summed E-state index contributed by atoms with van der Waals surface area (Å²) in [6.07, 6.45) is 3.58. The van der Waals surface area contributed by atoms with Crippen molar-refractivity contribution in [1.29, 1.82) is 0 Å². The second-order valence-corrected chi connectivity index (χ2v) is 8.84. The van der Waals surface area contributed by atoms with Crippen molar-refractivity contribution in [3.05, 3.63) is 0 Å². The summed E-state index contributed by atoms with van der Waals surface area (Å²) in [7, 11) is 0. The summed E-state index contributed by atoms with van der Waals surface area (Å²) >= 11 is 0. The summed E-state index contributed by atoms with van der Waals surface area (Å²) in [5, 5.41) is 2.97. The van der Waals surface area contributed by atoms with Crippen molar-refractivity contribution in [2.75, 3.05) is 6.54 Å². The molecule has 1 heterocycles. The molecule has 1 saturated heterocycles. The molecular formula is C17H30N2O2. The van der Waals surface area contributed by atoms with Gasteiger partial charge in [-0.3, -0.25) is 9.59 Å². The highest BCUT2D eigenvalue weighted by Crippen LogP contribution is 2.36. The first kappa shape index (κ1) is 16.3. The summed E-state index contributed by atoms with van der Waals surface area (Å²) in [6.45, 7) is 12.8. The molecular weight excluding hydrogens is 264 g/mol. The lowest BCUT2D eigenvalue weighted by atomic mass is 9.78. The molecule has 4 heteroatoms. The molecule has 2 fully saturated rings. The molecule has 21 heavy (non-hydrogen) atoms. The van der Waals surface area contributed by atoms with Gasteiger partial charge < -0.3 is 10.2 Å². The lowest BCUT2D eigenvalue weighted by Gasteiger charge is -2.47. The Morgan fingerprint density at radius 1 is 1.05 bits per heavy atom. The number of piperazine rings is 1. The molecule has 0 spiro atoms. The van der Waals surface area contributed by atoms with E-state index in [9.17, 15) is 9.59 Å². The van der Waals surface area contributed by atoms with E-state index < -0.39 is 6.04 Å². The summed E-state index contributed by atoms with van der Waals surface area (Å²) in [5.41, 5.74) is -0.500. The number of carbonyl (C=O) groups excluding carboxylic acids is 2. The smallest absolute Gasteiger partial charge is 0.246 e. The van der Waals surface area contributed by atoms with Crippen LogP contribution in [0.2, 0.25) is 0 Å². The Morgan fingerprint density at radius 3 is 2.05 bits per heavy atom. The maximum absolute atomic E-state index is 12.9. The first-order valence-electron chi connectivity index (χ1n) is 8.12. The Labute approximate surface area is 128 Å². The van der Waals surface area contributed by atoms with Gasteiger partial charge in [0.05, 0.1) is 0 Å². The summed E-state index contributed by atoms with van der Waals surface area (Å²) < 4.78 is 0. The maximum atomic E-state index is 12.9. The monoisotopic (exact) mass is 294 g/mol. The molecule has 4 nitrogen and oxygen atoms in total. The number of nitrogens with one attached hydrogen (secondary N) is 1. The molecule has 120 valence electrons.